The van der Waals surface area contributed by atoms with E-state index in [-0.39, 0.29) is 0 Å². The van der Waals surface area contributed by atoms with Crippen LogP contribution in [0.15, 0.2) is 35.4 Å². The zero-order chi connectivity index (χ0) is 20.2. The van der Waals surface area contributed by atoms with Gasteiger partial charge in [0.2, 0.25) is 11.8 Å². The first-order chi connectivity index (χ1) is 14.7. The number of aromatic nitrogens is 8. The molecule has 0 spiro atoms. The number of ether oxygens (including phenoxy) is 1. The summed E-state index contributed by atoms with van der Waals surface area (Å²) in [6.45, 7) is 2.40. The van der Waals surface area contributed by atoms with Crippen LogP contribution in [0, 0.1) is 6.92 Å². The average molecular weight is 402 g/mol. The predicted molar refractivity (Wildman–Crippen MR) is 106 cm³/mol. The van der Waals surface area contributed by atoms with E-state index in [0.717, 1.165) is 46.7 Å². The van der Waals surface area contributed by atoms with Crippen molar-refractivity contribution in [2.45, 2.75) is 32.2 Å². The monoisotopic (exact) mass is 402 g/mol. The number of fused-ring (bicyclic) bond motifs is 2. The molecule has 5 aromatic rings. The van der Waals surface area contributed by atoms with Gasteiger partial charge in [-0.15, -0.1) is 0 Å². The van der Waals surface area contributed by atoms with Crippen molar-refractivity contribution in [2.24, 2.45) is 0 Å². The minimum absolute atomic E-state index is 0.454. The second-order valence-electron chi connectivity index (χ2n) is 7.42. The molecule has 0 saturated heterocycles. The number of pyridine rings is 1. The molecule has 0 radical (unpaired) electrons. The Balaban J connectivity index is 1.45. The summed E-state index contributed by atoms with van der Waals surface area (Å²) in [5, 5.41) is 8.37. The molecule has 0 aliphatic heterocycles. The third-order valence-corrected chi connectivity index (χ3v) is 5.44. The van der Waals surface area contributed by atoms with E-state index in [1.165, 1.54) is 6.33 Å². The highest BCUT2D eigenvalue weighted by atomic mass is 16.5. The van der Waals surface area contributed by atoms with Gasteiger partial charge < -0.3 is 13.8 Å². The highest BCUT2D eigenvalue weighted by Crippen LogP contribution is 2.38. The lowest BCUT2D eigenvalue weighted by Crippen LogP contribution is -2.02. The Morgan fingerprint density at radius 2 is 2.13 bits per heavy atom. The normalized spacial score (nSPS) is 14.1. The standard InChI is InChI=1S/C20H18N8O2/c1-11-24-19-15(27(11)9-16-25-18(26-30-16)12-3-4-12)7-13(8-21-19)14-5-6-28-17(14)20(29-2)22-10-23-28/h5-8,10,12H,3-4,9H2,1-2H3. The van der Waals surface area contributed by atoms with Crippen LogP contribution in [0.5, 0.6) is 5.88 Å². The van der Waals surface area contributed by atoms with E-state index in [1.807, 2.05) is 23.8 Å². The van der Waals surface area contributed by atoms with E-state index < -0.39 is 0 Å². The van der Waals surface area contributed by atoms with Crippen molar-refractivity contribution >= 4 is 16.7 Å². The van der Waals surface area contributed by atoms with Crippen LogP contribution in [0.4, 0.5) is 0 Å². The van der Waals surface area contributed by atoms with Gasteiger partial charge in [0.25, 0.3) is 0 Å². The highest BCUT2D eigenvalue weighted by molar-refractivity contribution is 5.87. The molecule has 1 saturated carbocycles. The number of methoxy groups -OCH3 is 1. The van der Waals surface area contributed by atoms with Crippen molar-refractivity contribution in [2.75, 3.05) is 7.11 Å². The molecule has 0 N–H and O–H groups in total. The molecule has 10 nitrogen and oxygen atoms in total. The molecule has 0 aromatic carbocycles. The number of hydrogen-bond acceptors (Lipinski definition) is 8. The van der Waals surface area contributed by atoms with Gasteiger partial charge >= 0.3 is 0 Å². The quantitative estimate of drug-likeness (QED) is 0.441. The van der Waals surface area contributed by atoms with Gasteiger partial charge in [0.15, 0.2) is 11.5 Å². The zero-order valence-electron chi connectivity index (χ0n) is 16.5. The van der Waals surface area contributed by atoms with E-state index >= 15 is 0 Å². The molecule has 5 aromatic heterocycles. The maximum absolute atomic E-state index is 5.47. The predicted octanol–water partition coefficient (Wildman–Crippen LogP) is 2.77. The molecule has 10 heteroatoms. The van der Waals surface area contributed by atoms with Gasteiger partial charge in [0.1, 0.15) is 24.2 Å². The number of nitrogens with zero attached hydrogens (tertiary/aromatic N) is 8. The Hall–Kier alpha value is -3.82. The van der Waals surface area contributed by atoms with E-state index in [2.05, 4.69) is 36.3 Å². The number of hydrogen-bond donors (Lipinski definition) is 0. The van der Waals surface area contributed by atoms with Crippen LogP contribution in [0.25, 0.3) is 27.8 Å². The van der Waals surface area contributed by atoms with Gasteiger partial charge in [-0.2, -0.15) is 15.1 Å². The third-order valence-electron chi connectivity index (χ3n) is 5.44. The molecular formula is C20H18N8O2. The Morgan fingerprint density at radius 1 is 1.23 bits per heavy atom. The van der Waals surface area contributed by atoms with Gasteiger partial charge in [-0.1, -0.05) is 5.16 Å². The van der Waals surface area contributed by atoms with Crippen molar-refractivity contribution in [1.29, 1.82) is 0 Å². The Bertz CT molecular complexity index is 1390. The second kappa shape index (κ2) is 6.34. The fraction of sp³-hybridized carbons (Fsp3) is 0.300. The minimum Gasteiger partial charge on any atom is -0.479 e. The lowest BCUT2D eigenvalue weighted by Gasteiger charge is -2.06. The fourth-order valence-electron chi connectivity index (χ4n) is 3.75. The Labute approximate surface area is 170 Å². The molecule has 1 fully saturated rings. The summed E-state index contributed by atoms with van der Waals surface area (Å²) in [6.07, 6.45) is 7.42. The van der Waals surface area contributed by atoms with Crippen molar-refractivity contribution < 1.29 is 9.26 Å². The summed E-state index contributed by atoms with van der Waals surface area (Å²) < 4.78 is 14.7. The topological polar surface area (TPSA) is 109 Å². The van der Waals surface area contributed by atoms with Gasteiger partial charge in [-0.05, 0) is 31.9 Å². The second-order valence-corrected chi connectivity index (χ2v) is 7.42. The minimum atomic E-state index is 0.454. The number of aryl methyl sites for hydroxylation is 1. The summed E-state index contributed by atoms with van der Waals surface area (Å²) in [6, 6.07) is 4.03. The molecule has 1 aliphatic rings. The van der Waals surface area contributed by atoms with Crippen molar-refractivity contribution in [1.82, 2.24) is 39.3 Å². The van der Waals surface area contributed by atoms with Gasteiger partial charge in [-0.25, -0.2) is 14.5 Å². The fourth-order valence-corrected chi connectivity index (χ4v) is 3.75. The van der Waals surface area contributed by atoms with E-state index in [4.69, 9.17) is 9.26 Å². The van der Waals surface area contributed by atoms with Gasteiger partial charge in [-0.3, -0.25) is 0 Å². The molecule has 1 aliphatic carbocycles. The molecule has 150 valence electrons. The van der Waals surface area contributed by atoms with Crippen LogP contribution >= 0.6 is 0 Å². The van der Waals surface area contributed by atoms with E-state index in [0.29, 0.717) is 29.9 Å². The first-order valence-corrected chi connectivity index (χ1v) is 9.73. The van der Waals surface area contributed by atoms with Crippen LogP contribution in [0.3, 0.4) is 0 Å². The van der Waals surface area contributed by atoms with E-state index in [1.54, 1.807) is 17.8 Å². The molecule has 0 amide bonds. The molecule has 6 rings (SSSR count). The van der Waals surface area contributed by atoms with Gasteiger partial charge in [0, 0.05) is 29.4 Å². The smallest absolute Gasteiger partial charge is 0.246 e. The maximum atomic E-state index is 5.47. The van der Waals surface area contributed by atoms with Crippen LogP contribution in [-0.4, -0.2) is 46.4 Å². The third kappa shape index (κ3) is 2.64. The molecule has 30 heavy (non-hydrogen) atoms. The van der Waals surface area contributed by atoms with Gasteiger partial charge in [0.05, 0.1) is 12.6 Å². The average Bonchev–Trinajstić information content (AvgIpc) is 3.22. The molecule has 0 atom stereocenters. The SMILES string of the molecule is COc1ncnn2ccc(-c3cnc4nc(C)n(Cc5nc(C6CC6)no5)c4c3)c12. The maximum Gasteiger partial charge on any atom is 0.246 e. The zero-order valence-corrected chi connectivity index (χ0v) is 16.5. The first kappa shape index (κ1) is 17.1. The largest absolute Gasteiger partial charge is 0.479 e. The molecule has 5 heterocycles. The summed E-state index contributed by atoms with van der Waals surface area (Å²) in [5.74, 6) is 3.18. The number of imidazole rings is 1. The molecular weight excluding hydrogens is 384 g/mol. The van der Waals surface area contributed by atoms with Crippen LogP contribution in [-0.2, 0) is 6.54 Å². The molecule has 0 bridgehead atoms. The van der Waals surface area contributed by atoms with Crippen LogP contribution in [0.2, 0.25) is 0 Å². The van der Waals surface area contributed by atoms with Crippen LogP contribution in [0.1, 0.15) is 36.3 Å². The summed E-state index contributed by atoms with van der Waals surface area (Å²) in [5.41, 5.74) is 4.20. The molecule has 0 unspecified atom stereocenters. The lowest BCUT2D eigenvalue weighted by atomic mass is 10.1. The Morgan fingerprint density at radius 3 is 2.97 bits per heavy atom. The summed E-state index contributed by atoms with van der Waals surface area (Å²) in [4.78, 5) is 17.9. The van der Waals surface area contributed by atoms with Crippen LogP contribution < -0.4 is 4.74 Å². The first-order valence-electron chi connectivity index (χ1n) is 9.73. The van der Waals surface area contributed by atoms with Crippen molar-refractivity contribution in [3.8, 4) is 17.0 Å². The number of rotatable bonds is 5. The van der Waals surface area contributed by atoms with E-state index in [9.17, 15) is 0 Å². The van der Waals surface area contributed by atoms with Crippen molar-refractivity contribution in [3.05, 3.63) is 48.4 Å². The summed E-state index contributed by atoms with van der Waals surface area (Å²) >= 11 is 0. The summed E-state index contributed by atoms with van der Waals surface area (Å²) in [7, 11) is 1.60. The Kier molecular flexibility index (Phi) is 3.61. The lowest BCUT2D eigenvalue weighted by molar-refractivity contribution is 0.366. The van der Waals surface area contributed by atoms with Crippen molar-refractivity contribution in [3.63, 3.8) is 0 Å². The highest BCUT2D eigenvalue weighted by Gasteiger charge is 2.29.